The number of nitrogens with two attached hydrogens (primary N) is 1. The van der Waals surface area contributed by atoms with Crippen molar-refractivity contribution in [3.63, 3.8) is 0 Å². The van der Waals surface area contributed by atoms with Gasteiger partial charge in [-0.1, -0.05) is 73.8 Å². The van der Waals surface area contributed by atoms with Crippen LogP contribution >= 0.6 is 21.6 Å². The lowest BCUT2D eigenvalue weighted by atomic mass is 9.63. The quantitative estimate of drug-likeness (QED) is 0.0167. The molecule has 5 aromatic rings. The van der Waals surface area contributed by atoms with Gasteiger partial charge in [0.15, 0.2) is 6.54 Å². The third-order valence-electron chi connectivity index (χ3n) is 16.5. The largest absolute Gasteiger partial charge is 0.508 e. The summed E-state index contributed by atoms with van der Waals surface area (Å²) in [5.41, 5.74) is 7.09. The summed E-state index contributed by atoms with van der Waals surface area (Å²) >= 11 is 0. The number of hydrogen-bond acceptors (Lipinski definition) is 13. The summed E-state index contributed by atoms with van der Waals surface area (Å²) < 4.78 is 60.2. The fraction of sp³-hybridized carbons (Fsp3) is 0.475. The minimum absolute atomic E-state index is 0.0646. The smallest absolute Gasteiger partial charge is 0.438 e. The van der Waals surface area contributed by atoms with E-state index in [4.69, 9.17) is 20.5 Å². The van der Waals surface area contributed by atoms with Crippen LogP contribution in [0.25, 0.3) is 22.3 Å². The van der Waals surface area contributed by atoms with E-state index in [9.17, 15) is 52.1 Å². The molecule has 4 heterocycles. The molecule has 5 aliphatic rings. The number of carbonyl (C=O) groups excluding carboxylic acids is 2. The Bertz CT molecular complexity index is 3340. The van der Waals surface area contributed by atoms with Crippen LogP contribution in [0, 0.1) is 29.0 Å². The van der Waals surface area contributed by atoms with Gasteiger partial charge >= 0.3 is 18.2 Å². The van der Waals surface area contributed by atoms with Gasteiger partial charge in [-0.2, -0.15) is 13.2 Å². The summed E-state index contributed by atoms with van der Waals surface area (Å²) in [6.07, 6.45) is 5.91. The van der Waals surface area contributed by atoms with Crippen molar-refractivity contribution in [2.24, 2.45) is 5.41 Å². The number of nitrogens with one attached hydrogen (secondary N) is 3. The number of aryl methyl sites for hydroxylation is 1. The van der Waals surface area contributed by atoms with Gasteiger partial charge in [-0.25, -0.2) is 19.0 Å². The molecular formula is C59H69F4N8O8S2+. The van der Waals surface area contributed by atoms with Gasteiger partial charge in [0.05, 0.1) is 41.7 Å². The molecule has 8 N–H and O–H groups in total. The number of halogens is 4. The van der Waals surface area contributed by atoms with E-state index in [1.807, 2.05) is 39.0 Å². The molecule has 22 heteroatoms. The second kappa shape index (κ2) is 24.2. The first kappa shape index (κ1) is 59.3. The van der Waals surface area contributed by atoms with E-state index in [0.29, 0.717) is 69.2 Å². The number of fused-ring (bicyclic) bond motifs is 4. The van der Waals surface area contributed by atoms with Crippen LogP contribution in [0.5, 0.6) is 11.5 Å². The summed E-state index contributed by atoms with van der Waals surface area (Å²) in [6.45, 7) is 8.80. The molecule has 0 bridgehead atoms. The molecular weight excluding hydrogens is 1090 g/mol. The molecule has 3 fully saturated rings. The Kier molecular flexibility index (Phi) is 17.8. The van der Waals surface area contributed by atoms with Gasteiger partial charge in [0.2, 0.25) is 5.84 Å². The Morgan fingerprint density at radius 1 is 0.988 bits per heavy atom. The molecule has 16 nitrogen and oxygen atoms in total. The number of phenolic OH excluding ortho intramolecular Hbond substituents is 2. The first-order valence-electron chi connectivity index (χ1n) is 27.5. The van der Waals surface area contributed by atoms with Gasteiger partial charge in [-0.05, 0) is 121 Å². The third kappa shape index (κ3) is 12.4. The summed E-state index contributed by atoms with van der Waals surface area (Å²) in [4.78, 5) is 57.8. The molecule has 2 saturated carbocycles. The minimum Gasteiger partial charge on any atom is -0.508 e. The van der Waals surface area contributed by atoms with Crippen molar-refractivity contribution in [3.8, 4) is 22.9 Å². The molecule has 2 aromatic heterocycles. The van der Waals surface area contributed by atoms with Crippen LogP contribution in [0.1, 0.15) is 147 Å². The number of anilines is 1. The van der Waals surface area contributed by atoms with Crippen LogP contribution in [0.3, 0.4) is 0 Å². The number of aromatic hydroxyl groups is 2. The van der Waals surface area contributed by atoms with E-state index in [-0.39, 0.29) is 47.4 Å². The van der Waals surface area contributed by atoms with Crippen LogP contribution < -0.4 is 21.1 Å². The number of likely N-dealkylation sites (tertiary alicyclic amines) is 1. The average Bonchev–Trinajstić information content (AvgIpc) is 2.63. The highest BCUT2D eigenvalue weighted by atomic mass is 33.1. The summed E-state index contributed by atoms with van der Waals surface area (Å²) in [7, 11) is 5.69. The molecule has 1 saturated heterocycles. The number of hydrogen-bond donors (Lipinski definition) is 7. The van der Waals surface area contributed by atoms with Gasteiger partial charge in [0.25, 0.3) is 5.56 Å². The van der Waals surface area contributed by atoms with Gasteiger partial charge in [-0.3, -0.25) is 30.7 Å². The van der Waals surface area contributed by atoms with Crippen LogP contribution in [0.2, 0.25) is 0 Å². The number of aromatic nitrogens is 2. The average molecular weight is 1160 g/mol. The predicted octanol–water partition coefficient (Wildman–Crippen LogP) is 10.3. The molecule has 3 aromatic carbocycles. The van der Waals surface area contributed by atoms with E-state index in [1.54, 1.807) is 23.6 Å². The monoisotopic (exact) mass is 1160 g/mol. The number of carbonyl (C=O) groups is 3. The van der Waals surface area contributed by atoms with Gasteiger partial charge in [-0.15, -0.1) is 0 Å². The molecule has 1 spiro atoms. The Balaban J connectivity index is 0.000000203. The fourth-order valence-corrected chi connectivity index (χ4v) is 16.0. The van der Waals surface area contributed by atoms with Gasteiger partial charge in [0.1, 0.15) is 29.4 Å². The van der Waals surface area contributed by atoms with E-state index in [1.165, 1.54) is 64.2 Å². The van der Waals surface area contributed by atoms with E-state index >= 15 is 0 Å². The van der Waals surface area contributed by atoms with Crippen molar-refractivity contribution in [1.29, 1.82) is 10.8 Å². The van der Waals surface area contributed by atoms with E-state index < -0.39 is 54.1 Å². The topological polar surface area (TPSA) is 239 Å². The number of nitrogens with zero attached hydrogens (tertiary/aromatic N) is 4. The van der Waals surface area contributed by atoms with Crippen LogP contribution in [0.15, 0.2) is 53.3 Å². The van der Waals surface area contributed by atoms with Gasteiger partial charge < -0.3 is 34.7 Å². The highest BCUT2D eigenvalue weighted by molar-refractivity contribution is 8.77. The number of aldehydes is 1. The molecule has 81 heavy (non-hydrogen) atoms. The Morgan fingerprint density at radius 3 is 2.31 bits per heavy atom. The van der Waals surface area contributed by atoms with Crippen molar-refractivity contribution in [1.82, 2.24) is 19.8 Å². The highest BCUT2D eigenvalue weighted by Gasteiger charge is 2.52. The first-order chi connectivity index (χ1) is 38.5. The number of alkyl halides is 3. The lowest BCUT2D eigenvalue weighted by Crippen LogP contribution is -2.93. The maximum atomic E-state index is 14.8. The minimum atomic E-state index is -4.63. The van der Waals surface area contributed by atoms with Gasteiger partial charge in [0, 0.05) is 77.5 Å². The summed E-state index contributed by atoms with van der Waals surface area (Å²) in [5, 5.41) is 53.0. The number of rotatable bonds is 15. The fourth-order valence-electron chi connectivity index (χ4n) is 12.4. The zero-order valence-corrected chi connectivity index (χ0v) is 47.6. The molecule has 2 amide bonds. The molecule has 2 aliphatic heterocycles. The van der Waals surface area contributed by atoms with E-state index in [0.717, 1.165) is 75.0 Å². The standard InChI is InChI=1S/C33H42F3N5O3S2.C26H26FN3O5/c1-20(2)25-12-26(28(43)13-27(25)42)29(37)41(30(38)31(44)39-17-33(34,35)36)22-10-8-21(9-11-22)16-40-18-32(19-40)14-24(15-32)46-45-23-6-4-3-5-7-23;1-4-13(10-31)15-7-21-24-16(9-30(21)25(32)17(15)11-35-3)23-19(29-26(33)34)6-5-14-12(2)18(27)8-20(28-24)22(14)23/h8-13,20,23-24,37-38,42-43H,3-7,14-19H2,1-2H3,(H,39,44);7-8,10,13,19,29H,4-6,9,11H2,1-3H3,(H,33,34)/p+1. The third-order valence-corrected chi connectivity index (χ3v) is 19.9. The maximum Gasteiger partial charge on any atom is 0.438 e. The number of amidine groups is 2. The number of carboxylic acid groups (broad SMARTS) is 1. The van der Waals surface area contributed by atoms with Crippen molar-refractivity contribution < 1.29 is 57.3 Å². The molecule has 2 unspecified atom stereocenters. The normalized spacial score (nSPS) is 17.8. The number of amides is 2. The Morgan fingerprint density at radius 2 is 1.68 bits per heavy atom. The molecule has 0 radical (unpaired) electrons. The zero-order chi connectivity index (χ0) is 58.2. The lowest BCUT2D eigenvalue weighted by molar-refractivity contribution is -0.590. The molecule has 2 atom stereocenters. The highest BCUT2D eigenvalue weighted by Crippen LogP contribution is 2.56. The van der Waals surface area contributed by atoms with Crippen molar-refractivity contribution in [2.45, 2.75) is 146 Å². The SMILES string of the molecule is CC(C)c1cc(C(=N)N(C(=N)C(=O)[NH2+]CC(F)(F)F)c2ccc(CN3CC4(CC(SSC5CCCCC5)C4)C3)cc2)c(O)cc1O.CCC(C=O)c1cc2n(c(=O)c1COC)Cc1c-2nc2cc(F)c(C)c3c2c1C(NC(=O)O)CC3. The van der Waals surface area contributed by atoms with E-state index in [2.05, 4.69) is 31.8 Å². The molecule has 432 valence electrons. The number of ether oxygens (including phenoxy) is 1. The zero-order valence-electron chi connectivity index (χ0n) is 46.0. The number of quaternary nitrogens is 1. The maximum absolute atomic E-state index is 14.8. The van der Waals surface area contributed by atoms with Crippen molar-refractivity contribution >= 4 is 68.1 Å². The lowest BCUT2D eigenvalue weighted by Gasteiger charge is -2.59. The van der Waals surface area contributed by atoms with Crippen molar-refractivity contribution in [2.75, 3.05) is 31.6 Å². The number of pyridine rings is 2. The van der Waals surface area contributed by atoms with Crippen LogP contribution in [0.4, 0.5) is 28.0 Å². The summed E-state index contributed by atoms with van der Waals surface area (Å²) in [5.74, 6) is -4.18. The van der Waals surface area contributed by atoms with Crippen LogP contribution in [-0.4, -0.2) is 103 Å². The second-order valence-corrected chi connectivity index (χ2v) is 25.4. The second-order valence-electron chi connectivity index (χ2n) is 22.5. The summed E-state index contributed by atoms with van der Waals surface area (Å²) in [6, 6.07) is 12.1. The first-order valence-corrected chi connectivity index (χ1v) is 29.8. The number of methoxy groups -OCH3 is 1. The molecule has 3 aliphatic carbocycles. The number of phenols is 2. The van der Waals surface area contributed by atoms with Crippen molar-refractivity contribution in [3.05, 3.63) is 115 Å². The van der Waals surface area contributed by atoms with Crippen LogP contribution in [-0.2, 0) is 40.4 Å². The number of benzene rings is 3. The predicted molar refractivity (Wildman–Crippen MR) is 305 cm³/mol. The Hall–Kier alpha value is -6.33. The Labute approximate surface area is 474 Å². The molecule has 10 rings (SSSR count). The number of primary amides is 1.